The third-order valence-electron chi connectivity index (χ3n) is 5.37. The van der Waals surface area contributed by atoms with Gasteiger partial charge in [-0.2, -0.15) is 5.10 Å². The second-order valence-corrected chi connectivity index (χ2v) is 7.04. The highest BCUT2D eigenvalue weighted by Crippen LogP contribution is 2.59. The molecule has 1 saturated heterocycles. The summed E-state index contributed by atoms with van der Waals surface area (Å²) in [4.78, 5) is 16.8. The third kappa shape index (κ3) is 3.00. The molecule has 7 nitrogen and oxygen atoms in total. The lowest BCUT2D eigenvalue weighted by atomic mass is 9.92. The minimum Gasteiger partial charge on any atom is -0.436 e. The van der Waals surface area contributed by atoms with Crippen LogP contribution in [0.2, 0.25) is 0 Å². The summed E-state index contributed by atoms with van der Waals surface area (Å²) in [7, 11) is 1.81. The van der Waals surface area contributed by atoms with Gasteiger partial charge in [-0.15, -0.1) is 0 Å². The van der Waals surface area contributed by atoms with Gasteiger partial charge in [0.05, 0.1) is 11.9 Å². The molecule has 0 bridgehead atoms. The highest BCUT2D eigenvalue weighted by atomic mass is 16.5. The van der Waals surface area contributed by atoms with Crippen LogP contribution in [-0.4, -0.2) is 33.8 Å². The Morgan fingerprint density at radius 3 is 2.96 bits per heavy atom. The molecule has 3 heterocycles. The first-order valence-electron chi connectivity index (χ1n) is 8.72. The van der Waals surface area contributed by atoms with Gasteiger partial charge in [0.25, 0.3) is 0 Å². The Bertz CT molecular complexity index is 780. The van der Waals surface area contributed by atoms with Crippen LogP contribution in [0, 0.1) is 18.3 Å². The lowest BCUT2D eigenvalue weighted by molar-refractivity contribution is -0.118. The Balaban J connectivity index is 1.52. The first-order valence-corrected chi connectivity index (χ1v) is 8.72. The Hall–Kier alpha value is -2.41. The van der Waals surface area contributed by atoms with Crippen LogP contribution in [0.25, 0.3) is 0 Å². The zero-order valence-electron chi connectivity index (χ0n) is 14.6. The number of ether oxygens (including phenoxy) is 1. The van der Waals surface area contributed by atoms with E-state index in [9.17, 15) is 4.79 Å². The van der Waals surface area contributed by atoms with Crippen molar-refractivity contribution >= 4 is 11.6 Å². The number of nitrogens with one attached hydrogen (secondary N) is 2. The summed E-state index contributed by atoms with van der Waals surface area (Å²) in [5, 5.41) is 10.8. The van der Waals surface area contributed by atoms with E-state index in [0.717, 1.165) is 38.0 Å². The zero-order chi connectivity index (χ0) is 17.4. The van der Waals surface area contributed by atoms with E-state index in [0.29, 0.717) is 17.3 Å². The fraction of sp³-hybridized carbons (Fsp3) is 0.500. The second kappa shape index (κ2) is 6.15. The molecule has 2 aliphatic rings. The lowest BCUT2D eigenvalue weighted by Gasteiger charge is -2.23. The summed E-state index contributed by atoms with van der Waals surface area (Å²) in [6.45, 7) is 3.88. The van der Waals surface area contributed by atoms with E-state index in [4.69, 9.17) is 4.74 Å². The number of rotatable bonds is 4. The number of amides is 1. The van der Waals surface area contributed by atoms with Crippen molar-refractivity contribution in [3.63, 3.8) is 0 Å². The number of carbonyl (C=O) groups excluding carboxylic acids is 1. The van der Waals surface area contributed by atoms with Crippen molar-refractivity contribution in [1.82, 2.24) is 20.1 Å². The number of piperidine rings is 1. The Kier molecular flexibility index (Phi) is 3.95. The monoisotopic (exact) mass is 341 g/mol. The molecule has 1 aliphatic heterocycles. The van der Waals surface area contributed by atoms with Crippen molar-refractivity contribution in [2.45, 2.75) is 26.2 Å². The smallest absolute Gasteiger partial charge is 0.241 e. The van der Waals surface area contributed by atoms with E-state index in [1.807, 2.05) is 19.1 Å². The van der Waals surface area contributed by atoms with Crippen molar-refractivity contribution in [3.8, 4) is 11.6 Å². The van der Waals surface area contributed by atoms with Crippen molar-refractivity contribution in [3.05, 3.63) is 30.2 Å². The summed E-state index contributed by atoms with van der Waals surface area (Å²) in [6.07, 6.45) is 6.47. The Labute approximate surface area is 146 Å². The van der Waals surface area contributed by atoms with Crippen LogP contribution in [0.3, 0.4) is 0 Å². The molecular formula is C18H23N5O2. The van der Waals surface area contributed by atoms with Crippen LogP contribution in [0.1, 0.15) is 25.0 Å². The number of hydrogen-bond acceptors (Lipinski definition) is 5. The quantitative estimate of drug-likeness (QED) is 0.891. The van der Waals surface area contributed by atoms with E-state index < -0.39 is 0 Å². The molecule has 1 unspecified atom stereocenters. The molecule has 2 aromatic heterocycles. The normalized spacial score (nSPS) is 21.1. The summed E-state index contributed by atoms with van der Waals surface area (Å²) >= 11 is 0. The van der Waals surface area contributed by atoms with E-state index in [1.165, 1.54) is 0 Å². The van der Waals surface area contributed by atoms with Crippen LogP contribution in [0.4, 0.5) is 5.69 Å². The minimum absolute atomic E-state index is 0.0778. The molecule has 1 atom stereocenters. The van der Waals surface area contributed by atoms with Crippen LogP contribution < -0.4 is 15.4 Å². The largest absolute Gasteiger partial charge is 0.436 e. The highest BCUT2D eigenvalue weighted by molar-refractivity contribution is 5.96. The van der Waals surface area contributed by atoms with Gasteiger partial charge in [-0.3, -0.25) is 9.78 Å². The third-order valence-corrected chi connectivity index (χ3v) is 5.37. The Morgan fingerprint density at radius 1 is 1.44 bits per heavy atom. The average molecular weight is 341 g/mol. The highest BCUT2D eigenvalue weighted by Gasteiger charge is 2.57. The number of aromatic nitrogens is 3. The predicted molar refractivity (Wildman–Crippen MR) is 93.5 cm³/mol. The maximum Gasteiger partial charge on any atom is 0.241 e. The molecule has 0 aromatic carbocycles. The number of hydrogen-bond donors (Lipinski definition) is 2. The predicted octanol–water partition coefficient (Wildman–Crippen LogP) is 2.24. The average Bonchev–Trinajstić information content (AvgIpc) is 3.25. The molecule has 2 fully saturated rings. The minimum atomic E-state index is 0.0778. The SMILES string of the molecule is Cc1nn(C)c(Oc2cccnc2)c1NC(=O)C1CC12CCNCC2. The van der Waals surface area contributed by atoms with Gasteiger partial charge in [0.1, 0.15) is 11.4 Å². The topological polar surface area (TPSA) is 81.1 Å². The molecule has 1 saturated carbocycles. The van der Waals surface area contributed by atoms with Crippen LogP contribution in [0.15, 0.2) is 24.5 Å². The fourth-order valence-corrected chi connectivity index (χ4v) is 3.82. The number of anilines is 1. The molecule has 4 rings (SSSR count). The fourth-order valence-electron chi connectivity index (χ4n) is 3.82. The zero-order valence-corrected chi connectivity index (χ0v) is 14.6. The van der Waals surface area contributed by atoms with Crippen molar-refractivity contribution in [1.29, 1.82) is 0 Å². The molecule has 1 amide bonds. The van der Waals surface area contributed by atoms with Gasteiger partial charge in [-0.05, 0) is 56.8 Å². The van der Waals surface area contributed by atoms with Gasteiger partial charge in [-0.1, -0.05) is 0 Å². The van der Waals surface area contributed by atoms with Crippen molar-refractivity contribution in [2.75, 3.05) is 18.4 Å². The van der Waals surface area contributed by atoms with E-state index >= 15 is 0 Å². The molecule has 7 heteroatoms. The van der Waals surface area contributed by atoms with Gasteiger partial charge in [0.2, 0.25) is 11.8 Å². The van der Waals surface area contributed by atoms with Gasteiger partial charge < -0.3 is 15.4 Å². The molecule has 2 aromatic rings. The molecule has 132 valence electrons. The number of nitrogens with zero attached hydrogens (tertiary/aromatic N) is 3. The molecule has 1 spiro atoms. The number of pyridine rings is 1. The van der Waals surface area contributed by atoms with Gasteiger partial charge in [-0.25, -0.2) is 4.68 Å². The molecular weight excluding hydrogens is 318 g/mol. The molecule has 0 radical (unpaired) electrons. The van der Waals surface area contributed by atoms with Gasteiger partial charge in [0.15, 0.2) is 0 Å². The first kappa shape index (κ1) is 16.1. The molecule has 2 N–H and O–H groups in total. The van der Waals surface area contributed by atoms with Crippen molar-refractivity contribution < 1.29 is 9.53 Å². The molecule has 25 heavy (non-hydrogen) atoms. The second-order valence-electron chi connectivity index (χ2n) is 7.04. The van der Waals surface area contributed by atoms with E-state index in [-0.39, 0.29) is 17.2 Å². The van der Waals surface area contributed by atoms with Gasteiger partial charge >= 0.3 is 0 Å². The van der Waals surface area contributed by atoms with E-state index in [1.54, 1.807) is 24.1 Å². The number of carbonyl (C=O) groups is 1. The maximum atomic E-state index is 12.8. The molecule has 1 aliphatic carbocycles. The summed E-state index contributed by atoms with van der Waals surface area (Å²) < 4.78 is 7.56. The van der Waals surface area contributed by atoms with Crippen LogP contribution in [-0.2, 0) is 11.8 Å². The first-order chi connectivity index (χ1) is 12.1. The summed E-state index contributed by atoms with van der Waals surface area (Å²) in [5.74, 6) is 1.32. The van der Waals surface area contributed by atoms with Crippen LogP contribution in [0.5, 0.6) is 11.6 Å². The Morgan fingerprint density at radius 2 is 2.24 bits per heavy atom. The standard InChI is InChI=1S/C18H23N5O2/c1-12-15(17(23(2)22-12)25-13-4-3-7-20-11-13)21-16(24)14-10-18(14)5-8-19-9-6-18/h3-4,7,11,14,19H,5-6,8-10H2,1-2H3,(H,21,24). The van der Waals surface area contributed by atoms with Crippen LogP contribution >= 0.6 is 0 Å². The lowest BCUT2D eigenvalue weighted by Crippen LogP contribution is -2.31. The van der Waals surface area contributed by atoms with Crippen molar-refractivity contribution in [2.24, 2.45) is 18.4 Å². The van der Waals surface area contributed by atoms with Gasteiger partial charge in [0, 0.05) is 19.2 Å². The van der Waals surface area contributed by atoms with E-state index in [2.05, 4.69) is 20.7 Å². The summed E-state index contributed by atoms with van der Waals surface area (Å²) in [5.41, 5.74) is 1.60. The maximum absolute atomic E-state index is 12.8. The summed E-state index contributed by atoms with van der Waals surface area (Å²) in [6, 6.07) is 3.63. The number of aryl methyl sites for hydroxylation is 2.